The minimum absolute atomic E-state index is 0.157. The number of methoxy groups -OCH3 is 1. The summed E-state index contributed by atoms with van der Waals surface area (Å²) in [6.07, 6.45) is 0. The molecule has 8 nitrogen and oxygen atoms in total. The van der Waals surface area contributed by atoms with Crippen molar-refractivity contribution in [3.05, 3.63) is 95.1 Å². The third kappa shape index (κ3) is 4.70. The van der Waals surface area contributed by atoms with Crippen LogP contribution in [0, 0.1) is 13.8 Å². The van der Waals surface area contributed by atoms with Crippen LogP contribution < -0.4 is 10.7 Å². The van der Waals surface area contributed by atoms with Gasteiger partial charge in [0.2, 0.25) is 11.1 Å². The van der Waals surface area contributed by atoms with Gasteiger partial charge in [0.25, 0.3) is 0 Å². The Labute approximate surface area is 213 Å². The van der Waals surface area contributed by atoms with E-state index < -0.39 is 17.3 Å². The first-order valence-corrected chi connectivity index (χ1v) is 12.3. The molecule has 0 spiro atoms. The van der Waals surface area contributed by atoms with Gasteiger partial charge in [-0.05, 0) is 54.8 Å². The van der Waals surface area contributed by atoms with Crippen molar-refractivity contribution in [2.75, 3.05) is 17.9 Å². The largest absolute Gasteiger partial charge is 0.465 e. The summed E-state index contributed by atoms with van der Waals surface area (Å²) >= 11 is 1.35. The molecule has 1 aliphatic rings. The predicted octanol–water partition coefficient (Wildman–Crippen LogP) is 4.75. The molecule has 2 atom stereocenters. The maximum Gasteiger partial charge on any atom is 0.337 e. The van der Waals surface area contributed by atoms with Crippen LogP contribution in [-0.2, 0) is 9.53 Å². The average Bonchev–Trinajstić information content (AvgIpc) is 3.30. The number of fused-ring (bicyclic) bond motifs is 1. The number of nitrogens with zero attached hydrogens (tertiary/aromatic N) is 3. The first-order valence-electron chi connectivity index (χ1n) is 11.4. The van der Waals surface area contributed by atoms with E-state index in [4.69, 9.17) is 4.74 Å². The van der Waals surface area contributed by atoms with E-state index in [1.165, 1.54) is 18.9 Å². The molecule has 2 heterocycles. The molecule has 0 radical (unpaired) electrons. The van der Waals surface area contributed by atoms with Gasteiger partial charge in [0.1, 0.15) is 5.25 Å². The van der Waals surface area contributed by atoms with E-state index in [1.54, 1.807) is 12.1 Å². The molecule has 0 saturated carbocycles. The number of aryl methyl sites for hydroxylation is 2. The van der Waals surface area contributed by atoms with E-state index >= 15 is 0 Å². The molecule has 9 heteroatoms. The Bertz CT molecular complexity index is 1400. The minimum Gasteiger partial charge on any atom is -0.465 e. The number of ether oxygens (including phenoxy) is 1. The van der Waals surface area contributed by atoms with Crippen LogP contribution in [0.2, 0.25) is 0 Å². The maximum atomic E-state index is 13.6. The first-order chi connectivity index (χ1) is 17.4. The molecule has 1 aliphatic heterocycles. The van der Waals surface area contributed by atoms with Crippen molar-refractivity contribution >= 4 is 29.3 Å². The Morgan fingerprint density at radius 1 is 0.972 bits per heavy atom. The fourth-order valence-corrected chi connectivity index (χ4v) is 5.36. The fraction of sp³-hybridized carbons (Fsp3) is 0.185. The highest BCUT2D eigenvalue weighted by Gasteiger charge is 2.38. The lowest BCUT2D eigenvalue weighted by Gasteiger charge is -2.33. The molecular formula is C27H25N5O3S. The molecule has 36 heavy (non-hydrogen) atoms. The molecule has 182 valence electrons. The van der Waals surface area contributed by atoms with Crippen LogP contribution in [0.1, 0.15) is 33.1 Å². The lowest BCUT2D eigenvalue weighted by atomic mass is 10.0. The SMILES string of the molecule is COC(=O)c1ccc([C@H]2Nn3c(nnc3-c3ccccc3)S[C@H]2C(=O)Nc2cc(C)cc(C)c2)cc1. The summed E-state index contributed by atoms with van der Waals surface area (Å²) in [5.41, 5.74) is 8.53. The Morgan fingerprint density at radius 3 is 2.33 bits per heavy atom. The number of thioether (sulfide) groups is 1. The number of benzene rings is 3. The Balaban J connectivity index is 1.51. The number of esters is 1. The van der Waals surface area contributed by atoms with Gasteiger partial charge < -0.3 is 15.5 Å². The third-order valence-corrected chi connectivity index (χ3v) is 7.12. The number of anilines is 1. The Kier molecular flexibility index (Phi) is 6.47. The smallest absolute Gasteiger partial charge is 0.337 e. The van der Waals surface area contributed by atoms with Gasteiger partial charge in [-0.1, -0.05) is 60.3 Å². The third-order valence-electron chi connectivity index (χ3n) is 5.91. The molecule has 2 N–H and O–H groups in total. The molecule has 5 rings (SSSR count). The molecule has 0 aliphatic carbocycles. The van der Waals surface area contributed by atoms with Gasteiger partial charge in [0.05, 0.1) is 18.7 Å². The van der Waals surface area contributed by atoms with Crippen molar-refractivity contribution in [1.29, 1.82) is 0 Å². The topological polar surface area (TPSA) is 98.1 Å². The van der Waals surface area contributed by atoms with Crippen LogP contribution in [0.4, 0.5) is 5.69 Å². The molecule has 0 unspecified atom stereocenters. The van der Waals surface area contributed by atoms with Crippen molar-refractivity contribution < 1.29 is 14.3 Å². The summed E-state index contributed by atoms with van der Waals surface area (Å²) in [5, 5.41) is 11.8. The second-order valence-electron chi connectivity index (χ2n) is 8.63. The van der Waals surface area contributed by atoms with Crippen LogP contribution in [0.3, 0.4) is 0 Å². The molecule has 4 aromatic rings. The van der Waals surface area contributed by atoms with Gasteiger partial charge in [-0.2, -0.15) is 0 Å². The van der Waals surface area contributed by atoms with Gasteiger partial charge in [0, 0.05) is 11.3 Å². The molecule has 0 saturated heterocycles. The van der Waals surface area contributed by atoms with Gasteiger partial charge in [-0.3, -0.25) is 4.79 Å². The quantitative estimate of drug-likeness (QED) is 0.383. The van der Waals surface area contributed by atoms with E-state index in [9.17, 15) is 9.59 Å². The van der Waals surface area contributed by atoms with Crippen LogP contribution in [0.15, 0.2) is 78.0 Å². The van der Waals surface area contributed by atoms with E-state index in [0.29, 0.717) is 16.5 Å². The van der Waals surface area contributed by atoms with Gasteiger partial charge in [-0.15, -0.1) is 10.2 Å². The molecular weight excluding hydrogens is 474 g/mol. The van der Waals surface area contributed by atoms with Crippen molar-refractivity contribution in [3.8, 4) is 11.4 Å². The predicted molar refractivity (Wildman–Crippen MR) is 140 cm³/mol. The molecule has 3 aromatic carbocycles. The second-order valence-corrected chi connectivity index (χ2v) is 9.74. The van der Waals surface area contributed by atoms with Crippen LogP contribution in [0.5, 0.6) is 0 Å². The average molecular weight is 500 g/mol. The van der Waals surface area contributed by atoms with Gasteiger partial charge in [-0.25, -0.2) is 9.47 Å². The molecule has 0 fully saturated rings. The molecule has 1 amide bonds. The van der Waals surface area contributed by atoms with Crippen molar-refractivity contribution in [1.82, 2.24) is 14.9 Å². The lowest BCUT2D eigenvalue weighted by Crippen LogP contribution is -2.41. The lowest BCUT2D eigenvalue weighted by molar-refractivity contribution is -0.116. The zero-order valence-corrected chi connectivity index (χ0v) is 20.9. The number of hydrogen-bond donors (Lipinski definition) is 2. The maximum absolute atomic E-state index is 13.6. The van der Waals surface area contributed by atoms with Gasteiger partial charge >= 0.3 is 5.97 Å². The number of rotatable bonds is 5. The Hall–Kier alpha value is -4.11. The van der Waals surface area contributed by atoms with Crippen LogP contribution in [0.25, 0.3) is 11.4 Å². The highest BCUT2D eigenvalue weighted by Crippen LogP contribution is 2.39. The van der Waals surface area contributed by atoms with E-state index in [2.05, 4.69) is 27.0 Å². The minimum atomic E-state index is -0.546. The van der Waals surface area contributed by atoms with Crippen molar-refractivity contribution in [3.63, 3.8) is 0 Å². The highest BCUT2D eigenvalue weighted by molar-refractivity contribution is 8.00. The summed E-state index contributed by atoms with van der Waals surface area (Å²) in [5.74, 6) is 0.0848. The number of nitrogens with one attached hydrogen (secondary N) is 2. The number of carbonyl (C=O) groups excluding carboxylic acids is 2. The second kappa shape index (κ2) is 9.87. The normalized spacial score (nSPS) is 16.5. The number of amides is 1. The monoisotopic (exact) mass is 499 g/mol. The summed E-state index contributed by atoms with van der Waals surface area (Å²) < 4.78 is 6.64. The van der Waals surface area contributed by atoms with Crippen LogP contribution in [-0.4, -0.2) is 39.1 Å². The van der Waals surface area contributed by atoms with Crippen molar-refractivity contribution in [2.24, 2.45) is 0 Å². The van der Waals surface area contributed by atoms with Crippen LogP contribution >= 0.6 is 11.8 Å². The summed E-state index contributed by atoms with van der Waals surface area (Å²) in [6.45, 7) is 4.00. The van der Waals surface area contributed by atoms with Crippen molar-refractivity contribution in [2.45, 2.75) is 30.3 Å². The molecule has 0 bridgehead atoms. The number of carbonyl (C=O) groups is 2. The summed E-state index contributed by atoms with van der Waals surface area (Å²) in [6, 6.07) is 22.3. The van der Waals surface area contributed by atoms with Gasteiger partial charge in [0.15, 0.2) is 5.82 Å². The standard InChI is InChI=1S/C27H25N5O3S/c1-16-13-17(2)15-21(14-16)28-25(33)23-22(18-9-11-20(12-10-18)26(34)35-3)31-32-24(29-30-27(32)36-23)19-7-5-4-6-8-19/h4-15,22-23,31H,1-3H3,(H,28,33)/t22-,23-/m1/s1. The summed E-state index contributed by atoms with van der Waals surface area (Å²) in [4.78, 5) is 25.5. The Morgan fingerprint density at radius 2 is 1.67 bits per heavy atom. The fourth-order valence-electron chi connectivity index (χ4n) is 4.28. The highest BCUT2D eigenvalue weighted by atomic mass is 32.2. The van der Waals surface area contributed by atoms with E-state index in [-0.39, 0.29) is 5.91 Å². The number of hydrogen-bond acceptors (Lipinski definition) is 7. The first kappa shape index (κ1) is 23.6. The zero-order chi connectivity index (χ0) is 25.2. The number of aromatic nitrogens is 3. The van der Waals surface area contributed by atoms with E-state index in [1.807, 2.05) is 73.1 Å². The zero-order valence-electron chi connectivity index (χ0n) is 20.1. The van der Waals surface area contributed by atoms with E-state index in [0.717, 1.165) is 27.9 Å². The molecule has 1 aromatic heterocycles. The summed E-state index contributed by atoms with van der Waals surface area (Å²) in [7, 11) is 1.35.